The molecule has 0 spiro atoms. The molecule has 0 fully saturated rings. The largest absolute Gasteiger partial charge is 0.469 e. The zero-order chi connectivity index (χ0) is 18.1. The molecule has 0 heterocycles. The van der Waals surface area contributed by atoms with Crippen LogP contribution < -0.4 is 0 Å². The molecule has 25 heavy (non-hydrogen) atoms. The van der Waals surface area contributed by atoms with Crippen LogP contribution in [0, 0.1) is 0 Å². The van der Waals surface area contributed by atoms with Crippen molar-refractivity contribution < 1.29 is 9.53 Å². The third-order valence-electron chi connectivity index (χ3n) is 4.71. The Morgan fingerprint density at radius 2 is 1.64 bits per heavy atom. The van der Waals surface area contributed by atoms with E-state index < -0.39 is 0 Å². The fourth-order valence-electron chi connectivity index (χ4n) is 3.29. The molecule has 2 rings (SSSR count). The molecule has 0 aromatic heterocycles. The number of carbonyl (C=O) groups excluding carboxylic acids is 1. The number of hydrogen-bond donors (Lipinski definition) is 0. The number of esters is 1. The highest BCUT2D eigenvalue weighted by molar-refractivity contribution is 5.69. The standard InChI is InChI=1S/C22H29NO2/c1-4-11-21(16-22(24)25-3)23(17-19-12-7-5-8-13-19)18(2)20-14-9-6-10-15-20/h5-10,12-15,18,21H,4,11,16-17H2,1-3H3/t18-,21-/m0/s1. The highest BCUT2D eigenvalue weighted by Crippen LogP contribution is 2.28. The summed E-state index contributed by atoms with van der Waals surface area (Å²) in [4.78, 5) is 14.4. The second-order valence-corrected chi connectivity index (χ2v) is 6.47. The van der Waals surface area contributed by atoms with Crippen LogP contribution in [0.2, 0.25) is 0 Å². The summed E-state index contributed by atoms with van der Waals surface area (Å²) in [5.41, 5.74) is 2.53. The van der Waals surface area contributed by atoms with E-state index in [1.165, 1.54) is 18.2 Å². The van der Waals surface area contributed by atoms with E-state index in [9.17, 15) is 4.79 Å². The van der Waals surface area contributed by atoms with Crippen LogP contribution in [0.25, 0.3) is 0 Å². The third kappa shape index (κ3) is 5.71. The molecule has 0 radical (unpaired) electrons. The lowest BCUT2D eigenvalue weighted by Gasteiger charge is -2.36. The molecule has 0 bridgehead atoms. The van der Waals surface area contributed by atoms with Crippen molar-refractivity contribution in [2.45, 2.75) is 51.7 Å². The molecular weight excluding hydrogens is 310 g/mol. The van der Waals surface area contributed by atoms with Crippen molar-refractivity contribution in [2.24, 2.45) is 0 Å². The van der Waals surface area contributed by atoms with Crippen molar-refractivity contribution >= 4 is 5.97 Å². The van der Waals surface area contributed by atoms with E-state index in [1.54, 1.807) is 0 Å². The summed E-state index contributed by atoms with van der Waals surface area (Å²) in [6, 6.07) is 21.3. The summed E-state index contributed by atoms with van der Waals surface area (Å²) >= 11 is 0. The molecule has 0 N–H and O–H groups in total. The lowest BCUT2D eigenvalue weighted by molar-refractivity contribution is -0.142. The summed E-state index contributed by atoms with van der Waals surface area (Å²) < 4.78 is 4.95. The molecule has 3 heteroatoms. The van der Waals surface area contributed by atoms with Gasteiger partial charge in [-0.05, 0) is 24.5 Å². The van der Waals surface area contributed by atoms with E-state index in [1.807, 2.05) is 12.1 Å². The van der Waals surface area contributed by atoms with Gasteiger partial charge >= 0.3 is 5.97 Å². The minimum absolute atomic E-state index is 0.142. The lowest BCUT2D eigenvalue weighted by atomic mass is 9.99. The normalized spacial score (nSPS) is 13.4. The molecular formula is C22H29NO2. The molecule has 0 unspecified atom stereocenters. The van der Waals surface area contributed by atoms with Crippen LogP contribution >= 0.6 is 0 Å². The van der Waals surface area contributed by atoms with Crippen LogP contribution in [-0.2, 0) is 16.1 Å². The van der Waals surface area contributed by atoms with Crippen LogP contribution in [-0.4, -0.2) is 24.0 Å². The van der Waals surface area contributed by atoms with Gasteiger partial charge in [0.05, 0.1) is 13.5 Å². The maximum Gasteiger partial charge on any atom is 0.307 e. The second kappa shape index (κ2) is 10.00. The predicted octanol–water partition coefficient (Wildman–Crippen LogP) is 4.98. The molecule has 0 aliphatic carbocycles. The van der Waals surface area contributed by atoms with Crippen LogP contribution in [0.1, 0.15) is 50.3 Å². The molecule has 2 aromatic rings. The van der Waals surface area contributed by atoms with Crippen molar-refractivity contribution in [1.29, 1.82) is 0 Å². The van der Waals surface area contributed by atoms with Gasteiger partial charge in [-0.2, -0.15) is 0 Å². The van der Waals surface area contributed by atoms with E-state index in [0.717, 1.165) is 19.4 Å². The zero-order valence-corrected chi connectivity index (χ0v) is 15.5. The van der Waals surface area contributed by atoms with Crippen molar-refractivity contribution in [3.63, 3.8) is 0 Å². The Kier molecular flexibility index (Phi) is 7.68. The summed E-state index contributed by atoms with van der Waals surface area (Å²) in [6.45, 7) is 5.20. The van der Waals surface area contributed by atoms with E-state index in [2.05, 4.69) is 67.3 Å². The minimum Gasteiger partial charge on any atom is -0.469 e. The predicted molar refractivity (Wildman–Crippen MR) is 102 cm³/mol. The summed E-state index contributed by atoms with van der Waals surface area (Å²) in [6.07, 6.45) is 2.43. The smallest absolute Gasteiger partial charge is 0.307 e. The Labute approximate surface area is 151 Å². The topological polar surface area (TPSA) is 29.5 Å². The maximum absolute atomic E-state index is 12.0. The van der Waals surface area contributed by atoms with Gasteiger partial charge in [-0.25, -0.2) is 0 Å². The Hall–Kier alpha value is -2.13. The van der Waals surface area contributed by atoms with Crippen molar-refractivity contribution in [3.8, 4) is 0 Å². The number of nitrogens with zero attached hydrogens (tertiary/aromatic N) is 1. The van der Waals surface area contributed by atoms with Gasteiger partial charge in [0.25, 0.3) is 0 Å². The van der Waals surface area contributed by atoms with E-state index in [-0.39, 0.29) is 18.1 Å². The first-order chi connectivity index (χ1) is 12.2. The van der Waals surface area contributed by atoms with Gasteiger partial charge in [0.1, 0.15) is 0 Å². The van der Waals surface area contributed by atoms with Crippen molar-refractivity contribution in [1.82, 2.24) is 4.90 Å². The average molecular weight is 339 g/mol. The number of carbonyl (C=O) groups is 1. The number of benzene rings is 2. The molecule has 0 saturated carbocycles. The Bertz CT molecular complexity index is 627. The molecule has 0 aliphatic heterocycles. The van der Waals surface area contributed by atoms with E-state index >= 15 is 0 Å². The number of rotatable bonds is 9. The zero-order valence-electron chi connectivity index (χ0n) is 15.5. The Balaban J connectivity index is 2.29. The third-order valence-corrected chi connectivity index (χ3v) is 4.71. The molecule has 2 aromatic carbocycles. The highest BCUT2D eigenvalue weighted by atomic mass is 16.5. The van der Waals surface area contributed by atoms with Crippen LogP contribution in [0.3, 0.4) is 0 Å². The first-order valence-electron chi connectivity index (χ1n) is 9.07. The van der Waals surface area contributed by atoms with Crippen LogP contribution in [0.5, 0.6) is 0 Å². The van der Waals surface area contributed by atoms with Crippen LogP contribution in [0.15, 0.2) is 60.7 Å². The quantitative estimate of drug-likeness (QED) is 0.603. The summed E-state index contributed by atoms with van der Waals surface area (Å²) in [7, 11) is 1.47. The second-order valence-electron chi connectivity index (χ2n) is 6.47. The fraction of sp³-hybridized carbons (Fsp3) is 0.409. The molecule has 3 nitrogen and oxygen atoms in total. The Morgan fingerprint density at radius 1 is 1.04 bits per heavy atom. The minimum atomic E-state index is -0.142. The molecule has 0 saturated heterocycles. The molecule has 2 atom stereocenters. The van der Waals surface area contributed by atoms with Gasteiger partial charge in [0.15, 0.2) is 0 Å². The number of hydrogen-bond acceptors (Lipinski definition) is 3. The maximum atomic E-state index is 12.0. The van der Waals surface area contributed by atoms with Gasteiger partial charge in [0.2, 0.25) is 0 Å². The molecule has 0 amide bonds. The number of ether oxygens (including phenoxy) is 1. The van der Waals surface area contributed by atoms with Gasteiger partial charge in [0, 0.05) is 18.6 Å². The SMILES string of the molecule is CCC[C@@H](CC(=O)OC)N(Cc1ccccc1)[C@@H](C)c1ccccc1. The van der Waals surface area contributed by atoms with Gasteiger partial charge in [-0.3, -0.25) is 9.69 Å². The fourth-order valence-corrected chi connectivity index (χ4v) is 3.29. The molecule has 134 valence electrons. The monoisotopic (exact) mass is 339 g/mol. The lowest BCUT2D eigenvalue weighted by Crippen LogP contribution is -2.38. The van der Waals surface area contributed by atoms with Gasteiger partial charge < -0.3 is 4.74 Å². The first kappa shape index (κ1) is 19.2. The van der Waals surface area contributed by atoms with Crippen molar-refractivity contribution in [3.05, 3.63) is 71.8 Å². The van der Waals surface area contributed by atoms with Crippen molar-refractivity contribution in [2.75, 3.05) is 7.11 Å². The van der Waals surface area contributed by atoms with Gasteiger partial charge in [-0.1, -0.05) is 74.0 Å². The Morgan fingerprint density at radius 3 is 2.20 bits per heavy atom. The first-order valence-corrected chi connectivity index (χ1v) is 9.07. The summed E-state index contributed by atoms with van der Waals surface area (Å²) in [5, 5.41) is 0. The molecule has 0 aliphatic rings. The highest BCUT2D eigenvalue weighted by Gasteiger charge is 2.26. The number of methoxy groups -OCH3 is 1. The van der Waals surface area contributed by atoms with Gasteiger partial charge in [-0.15, -0.1) is 0 Å². The van der Waals surface area contributed by atoms with E-state index in [0.29, 0.717) is 6.42 Å². The average Bonchev–Trinajstić information content (AvgIpc) is 2.66. The summed E-state index contributed by atoms with van der Waals surface area (Å²) in [5.74, 6) is -0.142. The van der Waals surface area contributed by atoms with Crippen LogP contribution in [0.4, 0.5) is 0 Å². The van der Waals surface area contributed by atoms with E-state index in [4.69, 9.17) is 4.74 Å².